The van der Waals surface area contributed by atoms with Crippen LogP contribution in [0, 0.1) is 23.7 Å². The van der Waals surface area contributed by atoms with Crippen LogP contribution < -0.4 is 10.5 Å². The highest BCUT2D eigenvalue weighted by Gasteiger charge is 2.69. The van der Waals surface area contributed by atoms with Crippen molar-refractivity contribution in [1.82, 2.24) is 9.88 Å². The molecule has 0 aliphatic heterocycles. The second-order valence-corrected chi connectivity index (χ2v) is 10.4. The van der Waals surface area contributed by atoms with Crippen LogP contribution in [0.15, 0.2) is 30.6 Å². The fourth-order valence-corrected chi connectivity index (χ4v) is 6.55. The summed E-state index contributed by atoms with van der Waals surface area (Å²) in [5.41, 5.74) is 4.25. The minimum absolute atomic E-state index is 0.0185. The van der Waals surface area contributed by atoms with Crippen molar-refractivity contribution in [2.45, 2.75) is 24.5 Å². The number of phenols is 1. The van der Waals surface area contributed by atoms with Crippen molar-refractivity contribution in [3.05, 3.63) is 41.7 Å². The number of nitrogens with zero attached hydrogens (tertiary/aromatic N) is 2. The van der Waals surface area contributed by atoms with E-state index >= 15 is 0 Å². The Bertz CT molecular complexity index is 1420. The van der Waals surface area contributed by atoms with Gasteiger partial charge < -0.3 is 20.7 Å². The second-order valence-electron chi connectivity index (χ2n) is 10.4. The number of pyridine rings is 1. The van der Waals surface area contributed by atoms with E-state index in [-0.39, 0.29) is 24.2 Å². The Balaban J connectivity index is 1.66. The number of likely N-dealkylation sites (N-methyl/N-ethyl adjacent to an activating group) is 1. The van der Waals surface area contributed by atoms with Gasteiger partial charge in [-0.1, -0.05) is 6.07 Å². The first kappa shape index (κ1) is 25.7. The molecule has 0 bridgehead atoms. The van der Waals surface area contributed by atoms with Gasteiger partial charge in [-0.3, -0.25) is 33.9 Å². The Morgan fingerprint density at radius 2 is 1.87 bits per heavy atom. The monoisotopic (exact) mass is 521 g/mol. The Kier molecular flexibility index (Phi) is 5.96. The zero-order valence-electron chi connectivity index (χ0n) is 21.0. The van der Waals surface area contributed by atoms with Crippen molar-refractivity contribution in [3.63, 3.8) is 0 Å². The van der Waals surface area contributed by atoms with Crippen LogP contribution >= 0.6 is 0 Å². The zero-order chi connectivity index (χ0) is 27.7. The standard InChI is InChI=1S/C27H27N3O8/c1-30(2)21-16-8-11-7-15-14(12-6-13(38-3)10-29-9-12)4-5-17(31)19(15)22(32)18(11)24(34)27(16,37)25(35)20(23(21)33)26(28)36/h4-6,9-11,16,18,20-21,31,37H,7-8H2,1-3H3,(H2,28,36). The van der Waals surface area contributed by atoms with Crippen molar-refractivity contribution < 1.29 is 38.9 Å². The van der Waals surface area contributed by atoms with E-state index in [4.69, 9.17) is 10.5 Å². The zero-order valence-corrected chi connectivity index (χ0v) is 21.0. The number of ketones is 4. The van der Waals surface area contributed by atoms with Crippen molar-refractivity contribution in [1.29, 1.82) is 0 Å². The molecule has 5 rings (SSSR count). The third-order valence-electron chi connectivity index (χ3n) is 8.20. The van der Waals surface area contributed by atoms with E-state index in [0.717, 1.165) is 0 Å². The first-order chi connectivity index (χ1) is 17.9. The smallest absolute Gasteiger partial charge is 0.235 e. The number of benzene rings is 1. The third-order valence-corrected chi connectivity index (χ3v) is 8.20. The highest BCUT2D eigenvalue weighted by molar-refractivity contribution is 6.32. The summed E-state index contributed by atoms with van der Waals surface area (Å²) in [6, 6.07) is 3.56. The molecular weight excluding hydrogens is 494 g/mol. The fraction of sp³-hybridized carbons (Fsp3) is 0.407. The maximum atomic E-state index is 13.9. The van der Waals surface area contributed by atoms with Gasteiger partial charge in [-0.25, -0.2) is 0 Å². The topological polar surface area (TPSA) is 177 Å². The minimum Gasteiger partial charge on any atom is -0.507 e. The molecule has 1 heterocycles. The van der Waals surface area contributed by atoms with Gasteiger partial charge in [-0.2, -0.15) is 0 Å². The molecule has 6 unspecified atom stereocenters. The number of aliphatic hydroxyl groups is 1. The molecule has 2 saturated carbocycles. The molecule has 0 radical (unpaired) electrons. The van der Waals surface area contributed by atoms with E-state index in [1.807, 2.05) is 0 Å². The number of Topliss-reactive ketones (excluding diaryl/α,β-unsaturated/α-hetero) is 4. The van der Waals surface area contributed by atoms with Gasteiger partial charge >= 0.3 is 0 Å². The molecule has 38 heavy (non-hydrogen) atoms. The Hall–Kier alpha value is -3.96. The second kappa shape index (κ2) is 8.81. The summed E-state index contributed by atoms with van der Waals surface area (Å²) in [5, 5.41) is 22.3. The number of carbonyl (C=O) groups is 5. The quantitative estimate of drug-likeness (QED) is 0.462. The lowest BCUT2D eigenvalue weighted by Crippen LogP contribution is -2.74. The van der Waals surface area contributed by atoms with Crippen LogP contribution in [0.4, 0.5) is 0 Å². The van der Waals surface area contributed by atoms with E-state index in [2.05, 4.69) is 4.98 Å². The molecule has 3 aliphatic carbocycles. The number of aromatic hydroxyl groups is 1. The Labute approximate surface area is 217 Å². The van der Waals surface area contributed by atoms with Crippen molar-refractivity contribution in [2.75, 3.05) is 21.2 Å². The summed E-state index contributed by atoms with van der Waals surface area (Å²) in [6.45, 7) is 0. The van der Waals surface area contributed by atoms with E-state index in [1.165, 1.54) is 24.3 Å². The first-order valence-corrected chi connectivity index (χ1v) is 12.1. The molecule has 198 valence electrons. The van der Waals surface area contributed by atoms with Gasteiger partial charge in [-0.05, 0) is 56.1 Å². The number of phenolic OH excluding ortho intramolecular Hbond substituents is 1. The molecule has 3 aliphatic rings. The summed E-state index contributed by atoms with van der Waals surface area (Å²) in [5.74, 6) is -10.3. The number of aromatic nitrogens is 1. The molecule has 1 aromatic carbocycles. The van der Waals surface area contributed by atoms with Gasteiger partial charge in [-0.15, -0.1) is 0 Å². The maximum absolute atomic E-state index is 13.9. The molecule has 4 N–H and O–H groups in total. The molecular formula is C27H27N3O8. The number of hydrogen-bond donors (Lipinski definition) is 3. The summed E-state index contributed by atoms with van der Waals surface area (Å²) in [4.78, 5) is 71.8. The number of hydrogen-bond acceptors (Lipinski definition) is 10. The molecule has 1 aromatic heterocycles. The lowest BCUT2D eigenvalue weighted by molar-refractivity contribution is -0.181. The molecule has 1 amide bonds. The van der Waals surface area contributed by atoms with Crippen LogP contribution in [-0.4, -0.2) is 82.0 Å². The molecule has 11 nitrogen and oxygen atoms in total. The molecule has 11 heteroatoms. The van der Waals surface area contributed by atoms with Crippen molar-refractivity contribution in [2.24, 2.45) is 29.4 Å². The van der Waals surface area contributed by atoms with Crippen LogP contribution in [0.3, 0.4) is 0 Å². The Morgan fingerprint density at radius 3 is 2.50 bits per heavy atom. The maximum Gasteiger partial charge on any atom is 0.235 e. The first-order valence-electron chi connectivity index (χ1n) is 12.1. The highest BCUT2D eigenvalue weighted by atomic mass is 16.5. The number of primary amides is 1. The van der Waals surface area contributed by atoms with Gasteiger partial charge in [0, 0.05) is 17.7 Å². The fourth-order valence-electron chi connectivity index (χ4n) is 6.55. The van der Waals surface area contributed by atoms with Gasteiger partial charge in [0.15, 0.2) is 34.7 Å². The normalized spacial score (nSPS) is 30.5. The van der Waals surface area contributed by atoms with Crippen LogP contribution in [0.25, 0.3) is 11.1 Å². The van der Waals surface area contributed by atoms with Crippen LogP contribution in [-0.2, 0) is 25.6 Å². The number of methoxy groups -OCH3 is 1. The number of nitrogens with two attached hydrogens (primary N) is 1. The summed E-state index contributed by atoms with van der Waals surface area (Å²) >= 11 is 0. The third kappa shape index (κ3) is 3.42. The van der Waals surface area contributed by atoms with E-state index in [9.17, 15) is 34.2 Å². The summed E-state index contributed by atoms with van der Waals surface area (Å²) in [6.07, 6.45) is 3.25. The number of ether oxygens (including phenoxy) is 1. The van der Waals surface area contributed by atoms with Gasteiger partial charge in [0.05, 0.1) is 30.8 Å². The molecule has 6 atom stereocenters. The van der Waals surface area contributed by atoms with Crippen LogP contribution in [0.5, 0.6) is 11.5 Å². The lowest BCUT2D eigenvalue weighted by atomic mass is 9.52. The molecule has 0 spiro atoms. The van der Waals surface area contributed by atoms with Crippen LogP contribution in [0.1, 0.15) is 22.3 Å². The van der Waals surface area contributed by atoms with Gasteiger partial charge in [0.1, 0.15) is 11.5 Å². The average molecular weight is 522 g/mol. The van der Waals surface area contributed by atoms with Crippen LogP contribution in [0.2, 0.25) is 0 Å². The Morgan fingerprint density at radius 1 is 1.16 bits per heavy atom. The van der Waals surface area contributed by atoms with Gasteiger partial charge in [0.2, 0.25) is 5.91 Å². The minimum atomic E-state index is -2.75. The molecule has 0 saturated heterocycles. The van der Waals surface area contributed by atoms with Gasteiger partial charge in [0.25, 0.3) is 0 Å². The predicted octanol–water partition coefficient (Wildman–Crippen LogP) is -0.0624. The number of fused-ring (bicyclic) bond motifs is 3. The van der Waals surface area contributed by atoms with E-state index in [1.54, 1.807) is 32.4 Å². The average Bonchev–Trinajstić information content (AvgIpc) is 2.86. The highest BCUT2D eigenvalue weighted by Crippen LogP contribution is 2.51. The molecule has 2 aromatic rings. The summed E-state index contributed by atoms with van der Waals surface area (Å²) in [7, 11) is 4.58. The number of rotatable bonds is 4. The van der Waals surface area contributed by atoms with E-state index < -0.39 is 64.4 Å². The molecule has 2 fully saturated rings. The van der Waals surface area contributed by atoms with Crippen molar-refractivity contribution in [3.8, 4) is 22.6 Å². The SMILES string of the molecule is COc1cncc(-c2ccc(O)c3c2CC2CC4C(N(C)C)C(=O)C(C(N)=O)C(=O)C4(O)C(=O)C2C3=O)c1. The largest absolute Gasteiger partial charge is 0.507 e. The number of amides is 1. The lowest BCUT2D eigenvalue weighted by Gasteiger charge is -2.52. The summed E-state index contributed by atoms with van der Waals surface area (Å²) < 4.78 is 5.26. The van der Waals surface area contributed by atoms with E-state index in [0.29, 0.717) is 22.4 Å². The number of carbonyl (C=O) groups excluding carboxylic acids is 5. The predicted molar refractivity (Wildman–Crippen MR) is 131 cm³/mol. The van der Waals surface area contributed by atoms with Crippen molar-refractivity contribution >= 4 is 29.0 Å².